The lowest BCUT2D eigenvalue weighted by Gasteiger charge is -2.30. The van der Waals surface area contributed by atoms with Gasteiger partial charge in [-0.05, 0) is 29.8 Å². The predicted molar refractivity (Wildman–Crippen MR) is 112 cm³/mol. The number of aliphatic hydroxyl groups excluding tert-OH is 1. The maximum absolute atomic E-state index is 14.6. The highest BCUT2D eigenvalue weighted by atomic mass is 35.5. The molecule has 180 valence electrons. The molecule has 1 aromatic carbocycles. The molecule has 0 bridgehead atoms. The summed E-state index contributed by atoms with van der Waals surface area (Å²) in [6.45, 7) is -0.795. The minimum Gasteiger partial charge on any atom is -0.384 e. The largest absolute Gasteiger partial charge is 0.475 e. The van der Waals surface area contributed by atoms with Crippen molar-refractivity contribution in [2.75, 3.05) is 18.9 Å². The van der Waals surface area contributed by atoms with E-state index in [0.29, 0.717) is 26.6 Å². The van der Waals surface area contributed by atoms with Crippen LogP contribution >= 0.6 is 31.0 Å². The van der Waals surface area contributed by atoms with Crippen molar-refractivity contribution in [3.05, 3.63) is 56.6 Å². The Morgan fingerprint density at radius 1 is 1.33 bits per heavy atom. The monoisotopic (exact) mass is 527 g/mol. The Morgan fingerprint density at radius 3 is 2.70 bits per heavy atom. The smallest absolute Gasteiger partial charge is 0.384 e. The zero-order valence-corrected chi connectivity index (χ0v) is 19.1. The van der Waals surface area contributed by atoms with Crippen LogP contribution in [0.2, 0.25) is 10.0 Å². The van der Waals surface area contributed by atoms with Crippen molar-refractivity contribution in [1.29, 1.82) is 0 Å². The third kappa shape index (κ3) is 5.08. The number of anilines is 1. The second kappa shape index (κ2) is 9.20. The van der Waals surface area contributed by atoms with Gasteiger partial charge in [0.05, 0.1) is 19.3 Å². The van der Waals surface area contributed by atoms with Gasteiger partial charge >= 0.3 is 19.4 Å². The average molecular weight is 528 g/mol. The van der Waals surface area contributed by atoms with Crippen molar-refractivity contribution < 1.29 is 36.8 Å². The Morgan fingerprint density at radius 2 is 2.03 bits per heavy atom. The van der Waals surface area contributed by atoms with Crippen LogP contribution in [0.15, 0.2) is 35.3 Å². The summed E-state index contributed by atoms with van der Waals surface area (Å²) in [5, 5.41) is 10.8. The molecule has 1 unspecified atom stereocenters. The highest BCUT2D eigenvalue weighted by Crippen LogP contribution is 2.57. The molecular weight excluding hydrogens is 510 g/mol. The van der Waals surface area contributed by atoms with Gasteiger partial charge in [0.15, 0.2) is 6.10 Å². The van der Waals surface area contributed by atoms with Crippen molar-refractivity contribution in [2.24, 2.45) is 0 Å². The van der Waals surface area contributed by atoms with E-state index in [1.165, 1.54) is 6.07 Å². The third-order valence-corrected chi connectivity index (χ3v) is 6.94. The van der Waals surface area contributed by atoms with E-state index in [-0.39, 0.29) is 12.4 Å². The molecule has 2 fully saturated rings. The van der Waals surface area contributed by atoms with E-state index in [9.17, 15) is 23.2 Å². The standard InChI is InChI=1S/C18H18Cl2F2N3O7P/c19-10-5-9(6-11(20)7-10)12-2-4-29-33(28,32-12)30-8-13-15(26)18(21,22)16(31-13)25-3-1-14(23)24-17(25)27/h1,3,5-7,12-13,15-16,26H,2,4,8H2,(H2,23,24,27)/t12-,13-,15-,16-,33?/m1/s1. The lowest BCUT2D eigenvalue weighted by Crippen LogP contribution is -2.42. The minimum atomic E-state index is -4.21. The van der Waals surface area contributed by atoms with E-state index in [0.717, 1.165) is 12.3 Å². The Hall–Kier alpha value is -1.63. The first-order valence-electron chi connectivity index (χ1n) is 9.58. The minimum absolute atomic E-state index is 0.0224. The number of benzene rings is 1. The zero-order chi connectivity index (χ0) is 24.0. The second-order valence-corrected chi connectivity index (χ2v) is 9.84. The predicted octanol–water partition coefficient (Wildman–Crippen LogP) is 3.33. The van der Waals surface area contributed by atoms with Gasteiger partial charge in [0.2, 0.25) is 6.23 Å². The zero-order valence-electron chi connectivity index (χ0n) is 16.6. The molecular formula is C18H18Cl2F2N3O7P. The molecule has 2 aliphatic rings. The first-order chi connectivity index (χ1) is 15.5. The average Bonchev–Trinajstić information content (AvgIpc) is 2.95. The molecule has 15 heteroatoms. The number of halogens is 4. The van der Waals surface area contributed by atoms with Crippen LogP contribution in [-0.2, 0) is 22.9 Å². The van der Waals surface area contributed by atoms with Gasteiger partial charge in [0.25, 0.3) is 0 Å². The summed E-state index contributed by atoms with van der Waals surface area (Å²) in [5.41, 5.74) is 4.80. The molecule has 4 rings (SSSR count). The highest BCUT2D eigenvalue weighted by Gasteiger charge is 2.60. The molecule has 0 amide bonds. The number of aliphatic hydroxyl groups is 1. The van der Waals surface area contributed by atoms with Crippen LogP contribution in [0.3, 0.4) is 0 Å². The molecule has 2 aromatic rings. The topological polar surface area (TPSA) is 135 Å². The van der Waals surface area contributed by atoms with E-state index in [2.05, 4.69) is 4.98 Å². The molecule has 0 spiro atoms. The van der Waals surface area contributed by atoms with Crippen molar-refractivity contribution in [3.8, 4) is 0 Å². The van der Waals surface area contributed by atoms with Crippen molar-refractivity contribution >= 4 is 36.8 Å². The normalized spacial score (nSPS) is 31.5. The molecule has 0 saturated carbocycles. The van der Waals surface area contributed by atoms with Gasteiger partial charge in [-0.2, -0.15) is 13.8 Å². The fourth-order valence-corrected chi connectivity index (χ4v) is 5.38. The van der Waals surface area contributed by atoms with Crippen LogP contribution in [-0.4, -0.2) is 46.0 Å². The quantitative estimate of drug-likeness (QED) is 0.561. The van der Waals surface area contributed by atoms with Gasteiger partial charge < -0.3 is 15.6 Å². The molecule has 3 N–H and O–H groups in total. The van der Waals surface area contributed by atoms with Gasteiger partial charge in [0.1, 0.15) is 11.9 Å². The summed E-state index contributed by atoms with van der Waals surface area (Å²) < 4.78 is 63.6. The summed E-state index contributed by atoms with van der Waals surface area (Å²) in [5.74, 6) is -4.06. The molecule has 0 aliphatic carbocycles. The fourth-order valence-electron chi connectivity index (χ4n) is 3.44. The second-order valence-electron chi connectivity index (χ2n) is 7.35. The van der Waals surface area contributed by atoms with Crippen LogP contribution in [0.1, 0.15) is 24.3 Å². The van der Waals surface area contributed by atoms with Gasteiger partial charge in [0, 0.05) is 22.7 Å². The molecule has 5 atom stereocenters. The molecule has 0 radical (unpaired) electrons. The third-order valence-electron chi connectivity index (χ3n) is 5.02. The Balaban J connectivity index is 1.46. The number of aromatic nitrogens is 2. The number of alkyl halides is 2. The molecule has 3 heterocycles. The Bertz CT molecular complexity index is 1130. The van der Waals surface area contributed by atoms with E-state index < -0.39 is 50.6 Å². The van der Waals surface area contributed by atoms with Gasteiger partial charge in [-0.15, -0.1) is 0 Å². The van der Waals surface area contributed by atoms with E-state index in [1.807, 2.05) is 0 Å². The maximum Gasteiger partial charge on any atom is 0.475 e. The van der Waals surface area contributed by atoms with Crippen molar-refractivity contribution in [2.45, 2.75) is 36.9 Å². The molecule has 33 heavy (non-hydrogen) atoms. The maximum atomic E-state index is 14.6. The summed E-state index contributed by atoms with van der Waals surface area (Å²) >= 11 is 12.0. The van der Waals surface area contributed by atoms with E-state index in [1.54, 1.807) is 12.1 Å². The molecule has 10 nitrogen and oxygen atoms in total. The molecule has 2 saturated heterocycles. The van der Waals surface area contributed by atoms with Gasteiger partial charge in [-0.1, -0.05) is 23.2 Å². The first kappa shape index (κ1) is 24.5. The van der Waals surface area contributed by atoms with Crippen LogP contribution in [0, 0.1) is 0 Å². The van der Waals surface area contributed by atoms with E-state index >= 15 is 0 Å². The summed E-state index contributed by atoms with van der Waals surface area (Å²) in [7, 11) is -4.21. The number of hydrogen-bond acceptors (Lipinski definition) is 9. The number of phosphoric ester groups is 1. The number of ether oxygens (including phenoxy) is 1. The van der Waals surface area contributed by atoms with Crippen LogP contribution < -0.4 is 11.4 Å². The summed E-state index contributed by atoms with van der Waals surface area (Å²) in [4.78, 5) is 15.3. The van der Waals surface area contributed by atoms with Crippen LogP contribution in [0.5, 0.6) is 0 Å². The Kier molecular flexibility index (Phi) is 6.83. The van der Waals surface area contributed by atoms with Gasteiger partial charge in [-0.3, -0.25) is 18.1 Å². The van der Waals surface area contributed by atoms with Crippen LogP contribution in [0.4, 0.5) is 14.6 Å². The van der Waals surface area contributed by atoms with Crippen molar-refractivity contribution in [3.63, 3.8) is 0 Å². The Labute approximate surface area is 195 Å². The number of nitrogens with two attached hydrogens (primary N) is 1. The highest BCUT2D eigenvalue weighted by molar-refractivity contribution is 7.48. The number of rotatable bonds is 5. The number of hydrogen-bond donors (Lipinski definition) is 2. The van der Waals surface area contributed by atoms with Crippen molar-refractivity contribution in [1.82, 2.24) is 9.55 Å². The summed E-state index contributed by atoms with van der Waals surface area (Å²) in [6.07, 6.45) is -5.70. The number of nitrogen functional groups attached to an aromatic ring is 1. The molecule has 2 aliphatic heterocycles. The SMILES string of the molecule is Nc1ccn([C@@H]2O[C@H](COP3(=O)OCC[C@H](c4cc(Cl)cc(Cl)c4)O3)[C@@H](O)C2(F)F)c(=O)n1. The fraction of sp³-hybridized carbons (Fsp3) is 0.444. The van der Waals surface area contributed by atoms with E-state index in [4.69, 9.17) is 47.2 Å². The number of nitrogens with zero attached hydrogens (tertiary/aromatic N) is 2. The lowest BCUT2D eigenvalue weighted by molar-refractivity contribution is -0.140. The first-order valence-corrected chi connectivity index (χ1v) is 11.8. The van der Waals surface area contributed by atoms with Gasteiger partial charge in [-0.25, -0.2) is 9.36 Å². The summed E-state index contributed by atoms with van der Waals surface area (Å²) in [6, 6.07) is 5.78. The lowest BCUT2D eigenvalue weighted by atomic mass is 10.1. The number of phosphoric acid groups is 1. The van der Waals surface area contributed by atoms with Crippen LogP contribution in [0.25, 0.3) is 0 Å². The molecule has 1 aromatic heterocycles.